The molecule has 0 fully saturated rings. The highest BCUT2D eigenvalue weighted by molar-refractivity contribution is 6.17. The van der Waals surface area contributed by atoms with E-state index in [0.29, 0.717) is 17.5 Å². The van der Waals surface area contributed by atoms with E-state index in [4.69, 9.17) is 19.4 Å². The van der Waals surface area contributed by atoms with Crippen molar-refractivity contribution in [3.63, 3.8) is 0 Å². The van der Waals surface area contributed by atoms with Crippen molar-refractivity contribution >= 4 is 32.7 Å². The van der Waals surface area contributed by atoms with Crippen molar-refractivity contribution in [1.29, 1.82) is 0 Å². The first-order chi connectivity index (χ1) is 20.3. The Morgan fingerprint density at radius 2 is 0.902 bits per heavy atom. The molecule has 192 valence electrons. The van der Waals surface area contributed by atoms with Gasteiger partial charge >= 0.3 is 0 Å². The maximum Gasteiger partial charge on any atom is 0.164 e. The second-order valence-electron chi connectivity index (χ2n) is 10.1. The summed E-state index contributed by atoms with van der Waals surface area (Å²) in [7, 11) is 0. The molecule has 0 spiro atoms. The van der Waals surface area contributed by atoms with Crippen LogP contribution < -0.4 is 0 Å². The quantitative estimate of drug-likeness (QED) is 0.230. The van der Waals surface area contributed by atoms with Gasteiger partial charge in [0.1, 0.15) is 11.2 Å². The summed E-state index contributed by atoms with van der Waals surface area (Å²) in [5.74, 6) is 1.92. The summed E-state index contributed by atoms with van der Waals surface area (Å²) >= 11 is 0. The normalized spacial score (nSPS) is 11.4. The molecule has 41 heavy (non-hydrogen) atoms. The lowest BCUT2D eigenvalue weighted by Crippen LogP contribution is -2.00. The molecule has 0 N–H and O–H groups in total. The van der Waals surface area contributed by atoms with Crippen molar-refractivity contribution in [2.24, 2.45) is 0 Å². The molecule has 0 radical (unpaired) electrons. The van der Waals surface area contributed by atoms with E-state index < -0.39 is 0 Å². The molecule has 0 amide bonds. The van der Waals surface area contributed by atoms with Gasteiger partial charge in [-0.25, -0.2) is 15.0 Å². The Hall–Kier alpha value is -5.61. The molecule has 2 heterocycles. The molecule has 4 nitrogen and oxygen atoms in total. The molecule has 8 rings (SSSR count). The van der Waals surface area contributed by atoms with E-state index in [1.807, 2.05) is 60.7 Å². The molecule has 8 aromatic rings. The van der Waals surface area contributed by atoms with Crippen LogP contribution >= 0.6 is 0 Å². The molecule has 0 aliphatic rings. The molecule has 0 saturated heterocycles. The number of hydrogen-bond acceptors (Lipinski definition) is 4. The van der Waals surface area contributed by atoms with Crippen LogP contribution in [0.2, 0.25) is 0 Å². The molecule has 0 aliphatic carbocycles. The highest BCUT2D eigenvalue weighted by Gasteiger charge is 2.16. The molecule has 4 heteroatoms. The summed E-state index contributed by atoms with van der Waals surface area (Å²) in [6.45, 7) is 0. The van der Waals surface area contributed by atoms with Crippen LogP contribution in [0.5, 0.6) is 0 Å². The Bertz CT molecular complexity index is 2140. The van der Waals surface area contributed by atoms with Gasteiger partial charge in [0.25, 0.3) is 0 Å². The Morgan fingerprint density at radius 3 is 1.63 bits per heavy atom. The minimum atomic E-state index is 0.627. The third-order valence-corrected chi connectivity index (χ3v) is 7.52. The highest BCUT2D eigenvalue weighted by atomic mass is 16.3. The number of furan rings is 1. The van der Waals surface area contributed by atoms with Crippen LogP contribution in [-0.2, 0) is 0 Å². The topological polar surface area (TPSA) is 51.8 Å². The average Bonchev–Trinajstić information content (AvgIpc) is 3.45. The van der Waals surface area contributed by atoms with Crippen molar-refractivity contribution < 1.29 is 4.42 Å². The van der Waals surface area contributed by atoms with E-state index in [-0.39, 0.29) is 0 Å². The lowest BCUT2D eigenvalue weighted by Gasteiger charge is -2.10. The zero-order chi connectivity index (χ0) is 27.2. The molecule has 0 bridgehead atoms. The van der Waals surface area contributed by atoms with Gasteiger partial charge < -0.3 is 4.42 Å². The van der Waals surface area contributed by atoms with Crippen molar-refractivity contribution in [3.05, 3.63) is 140 Å². The SMILES string of the molecule is c1ccc(-c2nc(-c3ccccc3)nc(-c3cccc(-c4cccc5c4oc4c6ccccc6ccc54)c3)n2)cc1. The average molecular weight is 526 g/mol. The zero-order valence-electron chi connectivity index (χ0n) is 22.0. The zero-order valence-corrected chi connectivity index (χ0v) is 22.0. The molecule has 0 saturated carbocycles. The second kappa shape index (κ2) is 9.54. The first kappa shape index (κ1) is 23.3. The van der Waals surface area contributed by atoms with Crippen LogP contribution in [0.25, 0.3) is 78.0 Å². The van der Waals surface area contributed by atoms with Gasteiger partial charge in [-0.3, -0.25) is 0 Å². The van der Waals surface area contributed by atoms with Crippen molar-refractivity contribution in [2.45, 2.75) is 0 Å². The van der Waals surface area contributed by atoms with Crippen LogP contribution in [0.3, 0.4) is 0 Å². The molecule has 0 atom stereocenters. The van der Waals surface area contributed by atoms with Crippen LogP contribution in [0.15, 0.2) is 144 Å². The predicted molar refractivity (Wildman–Crippen MR) is 166 cm³/mol. The Morgan fingerprint density at radius 1 is 0.366 bits per heavy atom. The standard InChI is InChI=1S/C37H23N3O/c1-3-12-25(13-4-1)35-38-36(26-14-5-2-6-15-26)40-37(39-35)28-17-9-16-27(23-28)30-19-10-20-31-32-22-21-24-11-7-8-18-29(24)33(32)41-34(30)31/h1-23H. The smallest absolute Gasteiger partial charge is 0.164 e. The van der Waals surface area contributed by atoms with Crippen LogP contribution in [0.1, 0.15) is 0 Å². The number of fused-ring (bicyclic) bond motifs is 5. The maximum atomic E-state index is 6.61. The van der Waals surface area contributed by atoms with Crippen LogP contribution in [0, 0.1) is 0 Å². The predicted octanol–water partition coefficient (Wildman–Crippen LogP) is 9.59. The number of nitrogens with zero attached hydrogens (tertiary/aromatic N) is 3. The van der Waals surface area contributed by atoms with Gasteiger partial charge in [-0.1, -0.05) is 127 Å². The molecular weight excluding hydrogens is 502 g/mol. The van der Waals surface area contributed by atoms with E-state index in [9.17, 15) is 0 Å². The Kier molecular flexibility index (Phi) is 5.42. The first-order valence-corrected chi connectivity index (χ1v) is 13.6. The minimum absolute atomic E-state index is 0.627. The van der Waals surface area contributed by atoms with E-state index in [0.717, 1.165) is 55.1 Å². The van der Waals surface area contributed by atoms with Crippen molar-refractivity contribution in [1.82, 2.24) is 15.0 Å². The molecule has 0 unspecified atom stereocenters. The number of hydrogen-bond donors (Lipinski definition) is 0. The van der Waals surface area contributed by atoms with E-state index >= 15 is 0 Å². The van der Waals surface area contributed by atoms with Gasteiger partial charge in [-0.2, -0.15) is 0 Å². The van der Waals surface area contributed by atoms with E-state index in [2.05, 4.69) is 78.9 Å². The Labute approximate surface area is 236 Å². The van der Waals surface area contributed by atoms with Crippen molar-refractivity contribution in [2.75, 3.05) is 0 Å². The third kappa shape index (κ3) is 4.05. The lowest BCUT2D eigenvalue weighted by molar-refractivity contribution is 0.674. The Balaban J connectivity index is 1.30. The van der Waals surface area contributed by atoms with Crippen molar-refractivity contribution in [3.8, 4) is 45.3 Å². The fraction of sp³-hybridized carbons (Fsp3) is 0. The fourth-order valence-electron chi connectivity index (χ4n) is 5.52. The largest absolute Gasteiger partial charge is 0.455 e. The van der Waals surface area contributed by atoms with Crippen LogP contribution in [0.4, 0.5) is 0 Å². The minimum Gasteiger partial charge on any atom is -0.455 e. The summed E-state index contributed by atoms with van der Waals surface area (Å²) in [4.78, 5) is 14.7. The summed E-state index contributed by atoms with van der Waals surface area (Å²) in [5.41, 5.74) is 6.68. The second-order valence-corrected chi connectivity index (χ2v) is 10.1. The number of aromatic nitrogens is 3. The molecule has 6 aromatic carbocycles. The summed E-state index contributed by atoms with van der Waals surface area (Å²) < 4.78 is 6.61. The summed E-state index contributed by atoms with van der Waals surface area (Å²) in [6, 6.07) is 47.4. The van der Waals surface area contributed by atoms with Gasteiger partial charge in [-0.15, -0.1) is 0 Å². The van der Waals surface area contributed by atoms with Gasteiger partial charge in [-0.05, 0) is 23.1 Å². The number of benzene rings is 6. The van der Waals surface area contributed by atoms with E-state index in [1.165, 1.54) is 5.39 Å². The lowest BCUT2D eigenvalue weighted by atomic mass is 9.99. The number of rotatable bonds is 4. The number of para-hydroxylation sites is 1. The highest BCUT2D eigenvalue weighted by Crippen LogP contribution is 2.39. The first-order valence-electron chi connectivity index (χ1n) is 13.6. The molecular formula is C37H23N3O. The van der Waals surface area contributed by atoms with Gasteiger partial charge in [0.15, 0.2) is 17.5 Å². The van der Waals surface area contributed by atoms with E-state index in [1.54, 1.807) is 0 Å². The van der Waals surface area contributed by atoms with Gasteiger partial charge in [0.2, 0.25) is 0 Å². The summed E-state index contributed by atoms with van der Waals surface area (Å²) in [6.07, 6.45) is 0. The van der Waals surface area contributed by atoms with Gasteiger partial charge in [0.05, 0.1) is 0 Å². The third-order valence-electron chi connectivity index (χ3n) is 7.52. The molecule has 0 aliphatic heterocycles. The van der Waals surface area contributed by atoms with Gasteiger partial charge in [0, 0.05) is 38.4 Å². The fourth-order valence-corrected chi connectivity index (χ4v) is 5.52. The summed E-state index contributed by atoms with van der Waals surface area (Å²) in [5, 5.41) is 4.51. The van der Waals surface area contributed by atoms with Crippen LogP contribution in [-0.4, -0.2) is 15.0 Å². The monoisotopic (exact) mass is 525 g/mol. The molecule has 2 aromatic heterocycles. The maximum absolute atomic E-state index is 6.61.